The van der Waals surface area contributed by atoms with E-state index in [9.17, 15) is 14.3 Å². The van der Waals surface area contributed by atoms with Gasteiger partial charge in [-0.05, 0) is 23.3 Å². The van der Waals surface area contributed by atoms with E-state index in [1.54, 1.807) is 18.2 Å². The van der Waals surface area contributed by atoms with E-state index in [4.69, 9.17) is 4.74 Å². The van der Waals surface area contributed by atoms with Crippen LogP contribution in [0.4, 0.5) is 4.39 Å². The van der Waals surface area contributed by atoms with Gasteiger partial charge in [0, 0.05) is 32.5 Å². The third kappa shape index (κ3) is 3.94. The molecule has 0 spiro atoms. The predicted octanol–water partition coefficient (Wildman–Crippen LogP) is 3.97. The summed E-state index contributed by atoms with van der Waals surface area (Å²) in [6, 6.07) is 14.0. The number of piperidine rings is 1. The van der Waals surface area contributed by atoms with Crippen LogP contribution >= 0.6 is 0 Å². The normalized spacial score (nSPS) is 16.8. The third-order valence-electron chi connectivity index (χ3n) is 4.79. The number of carboxylic acid groups (broad SMARTS) is 1. The van der Waals surface area contributed by atoms with Crippen LogP contribution < -0.4 is 4.74 Å². The van der Waals surface area contributed by atoms with E-state index in [1.807, 2.05) is 18.2 Å². The van der Waals surface area contributed by atoms with Crippen LogP contribution in [0.2, 0.25) is 0 Å². The van der Waals surface area contributed by atoms with E-state index in [-0.39, 0.29) is 5.75 Å². The highest BCUT2D eigenvalue weighted by Gasteiger charge is 2.44. The lowest BCUT2D eigenvalue weighted by atomic mass is 9.90. The van der Waals surface area contributed by atoms with Gasteiger partial charge in [0.25, 0.3) is 0 Å². The van der Waals surface area contributed by atoms with E-state index in [1.165, 1.54) is 12.1 Å². The van der Waals surface area contributed by atoms with Gasteiger partial charge >= 0.3 is 5.97 Å². The molecule has 0 atom stereocenters. The van der Waals surface area contributed by atoms with Crippen LogP contribution in [-0.4, -0.2) is 34.7 Å². The average Bonchev–Trinajstić information content (AvgIpc) is 2.65. The molecule has 1 aliphatic rings. The SMILES string of the molecule is C=Cc1cccc(CN2CCC(Oc3ccccc3F)(C(=O)O)CC2)c1. The summed E-state index contributed by atoms with van der Waals surface area (Å²) in [5.74, 6) is -1.60. The van der Waals surface area contributed by atoms with E-state index in [2.05, 4.69) is 17.5 Å². The van der Waals surface area contributed by atoms with Gasteiger partial charge in [0.2, 0.25) is 5.60 Å². The Morgan fingerprint density at radius 2 is 1.96 bits per heavy atom. The van der Waals surface area contributed by atoms with Crippen molar-refractivity contribution in [3.05, 3.63) is 72.1 Å². The first kappa shape index (κ1) is 18.1. The quantitative estimate of drug-likeness (QED) is 0.852. The second-order valence-corrected chi connectivity index (χ2v) is 6.56. The van der Waals surface area contributed by atoms with E-state index in [0.29, 0.717) is 25.9 Å². The fourth-order valence-corrected chi connectivity index (χ4v) is 3.25. The van der Waals surface area contributed by atoms with Gasteiger partial charge in [0.05, 0.1) is 0 Å². The standard InChI is InChI=1S/C21H22FNO3/c1-2-16-6-5-7-17(14-16)15-23-12-10-21(11-13-23,20(24)25)26-19-9-4-3-8-18(19)22/h2-9,14H,1,10-13,15H2,(H,24,25). The summed E-state index contributed by atoms with van der Waals surface area (Å²) in [6.45, 7) is 5.65. The topological polar surface area (TPSA) is 49.8 Å². The third-order valence-corrected chi connectivity index (χ3v) is 4.79. The van der Waals surface area contributed by atoms with E-state index >= 15 is 0 Å². The molecule has 2 aromatic rings. The van der Waals surface area contributed by atoms with Crippen molar-refractivity contribution in [2.24, 2.45) is 0 Å². The minimum absolute atomic E-state index is 0.0120. The summed E-state index contributed by atoms with van der Waals surface area (Å²) in [6.07, 6.45) is 2.41. The number of carboxylic acids is 1. The van der Waals surface area contributed by atoms with Crippen molar-refractivity contribution in [3.63, 3.8) is 0 Å². The van der Waals surface area contributed by atoms with Crippen molar-refractivity contribution in [1.29, 1.82) is 0 Å². The Morgan fingerprint density at radius 1 is 1.23 bits per heavy atom. The summed E-state index contributed by atoms with van der Waals surface area (Å²) in [7, 11) is 0. The van der Waals surface area contributed by atoms with Crippen molar-refractivity contribution in [3.8, 4) is 5.75 Å². The highest BCUT2D eigenvalue weighted by Crippen LogP contribution is 2.31. The number of carbonyl (C=O) groups is 1. The Bertz CT molecular complexity index is 797. The Labute approximate surface area is 152 Å². The molecule has 0 radical (unpaired) electrons. The van der Waals surface area contributed by atoms with E-state index in [0.717, 1.165) is 17.7 Å². The van der Waals surface area contributed by atoms with Crippen molar-refractivity contribution in [1.82, 2.24) is 4.90 Å². The number of hydrogen-bond donors (Lipinski definition) is 1. The first-order valence-electron chi connectivity index (χ1n) is 8.63. The lowest BCUT2D eigenvalue weighted by Gasteiger charge is -2.39. The summed E-state index contributed by atoms with van der Waals surface area (Å²) in [5, 5.41) is 9.71. The van der Waals surface area contributed by atoms with E-state index < -0.39 is 17.4 Å². The number of nitrogens with zero attached hydrogens (tertiary/aromatic N) is 1. The Morgan fingerprint density at radius 3 is 2.62 bits per heavy atom. The van der Waals surface area contributed by atoms with Gasteiger partial charge in [-0.25, -0.2) is 9.18 Å². The smallest absolute Gasteiger partial charge is 0.348 e. The van der Waals surface area contributed by atoms with Gasteiger partial charge in [-0.1, -0.05) is 49.1 Å². The summed E-state index contributed by atoms with van der Waals surface area (Å²) in [4.78, 5) is 14.1. The summed E-state index contributed by atoms with van der Waals surface area (Å²) in [5.41, 5.74) is 0.823. The molecule has 0 aliphatic carbocycles. The van der Waals surface area contributed by atoms with Gasteiger partial charge in [-0.15, -0.1) is 0 Å². The van der Waals surface area contributed by atoms with Gasteiger partial charge in [-0.2, -0.15) is 0 Å². The number of ether oxygens (including phenoxy) is 1. The van der Waals surface area contributed by atoms with Crippen LogP contribution in [0.3, 0.4) is 0 Å². The van der Waals surface area contributed by atoms with Crippen LogP contribution in [0.25, 0.3) is 6.08 Å². The van der Waals surface area contributed by atoms with Crippen LogP contribution in [0, 0.1) is 5.82 Å². The number of aliphatic carboxylic acids is 1. The molecular formula is C21H22FNO3. The van der Waals surface area contributed by atoms with Gasteiger partial charge < -0.3 is 9.84 Å². The number of rotatable bonds is 6. The molecule has 4 nitrogen and oxygen atoms in total. The second-order valence-electron chi connectivity index (χ2n) is 6.56. The van der Waals surface area contributed by atoms with Crippen molar-refractivity contribution in [2.75, 3.05) is 13.1 Å². The molecule has 3 rings (SSSR count). The minimum atomic E-state index is -1.39. The maximum absolute atomic E-state index is 13.9. The molecule has 0 bridgehead atoms. The molecule has 0 amide bonds. The molecule has 0 saturated carbocycles. The summed E-state index contributed by atoms with van der Waals surface area (Å²) >= 11 is 0. The van der Waals surface area contributed by atoms with Crippen molar-refractivity contribution < 1.29 is 19.0 Å². The van der Waals surface area contributed by atoms with Crippen LogP contribution in [0.15, 0.2) is 55.1 Å². The fourth-order valence-electron chi connectivity index (χ4n) is 3.25. The monoisotopic (exact) mass is 355 g/mol. The van der Waals surface area contributed by atoms with Crippen LogP contribution in [-0.2, 0) is 11.3 Å². The van der Waals surface area contributed by atoms with Gasteiger partial charge in [-0.3, -0.25) is 4.90 Å². The maximum Gasteiger partial charge on any atom is 0.348 e. The lowest BCUT2D eigenvalue weighted by Crippen LogP contribution is -2.53. The first-order valence-corrected chi connectivity index (χ1v) is 8.63. The lowest BCUT2D eigenvalue weighted by molar-refractivity contribution is -0.160. The zero-order valence-electron chi connectivity index (χ0n) is 14.5. The number of benzene rings is 2. The number of hydrogen-bond acceptors (Lipinski definition) is 3. The van der Waals surface area contributed by atoms with Crippen molar-refractivity contribution >= 4 is 12.0 Å². The van der Waals surface area contributed by atoms with Gasteiger partial charge in [0.15, 0.2) is 11.6 Å². The molecule has 1 saturated heterocycles. The Kier molecular flexibility index (Phi) is 5.38. The average molecular weight is 355 g/mol. The van der Waals surface area contributed by atoms with Gasteiger partial charge in [0.1, 0.15) is 0 Å². The number of para-hydroxylation sites is 1. The molecule has 1 fully saturated rings. The second kappa shape index (κ2) is 7.70. The predicted molar refractivity (Wildman–Crippen MR) is 98.4 cm³/mol. The fraction of sp³-hybridized carbons (Fsp3) is 0.286. The summed E-state index contributed by atoms with van der Waals surface area (Å²) < 4.78 is 19.5. The molecular weight excluding hydrogens is 333 g/mol. The Balaban J connectivity index is 1.68. The molecule has 0 aromatic heterocycles. The molecule has 136 valence electrons. The largest absolute Gasteiger partial charge is 0.478 e. The minimum Gasteiger partial charge on any atom is -0.478 e. The zero-order chi connectivity index (χ0) is 18.6. The molecule has 2 aromatic carbocycles. The van der Waals surface area contributed by atoms with Crippen LogP contribution in [0.5, 0.6) is 5.75 Å². The molecule has 1 heterocycles. The molecule has 1 aliphatic heterocycles. The number of halogens is 1. The van der Waals surface area contributed by atoms with Crippen molar-refractivity contribution in [2.45, 2.75) is 25.0 Å². The first-order chi connectivity index (χ1) is 12.5. The highest BCUT2D eigenvalue weighted by atomic mass is 19.1. The zero-order valence-corrected chi connectivity index (χ0v) is 14.5. The maximum atomic E-state index is 13.9. The molecule has 5 heteroatoms. The Hall–Kier alpha value is -2.66. The molecule has 0 unspecified atom stereocenters. The molecule has 1 N–H and O–H groups in total. The number of likely N-dealkylation sites (tertiary alicyclic amines) is 1. The van der Waals surface area contributed by atoms with Crippen LogP contribution in [0.1, 0.15) is 24.0 Å². The molecule has 26 heavy (non-hydrogen) atoms. The highest BCUT2D eigenvalue weighted by molar-refractivity contribution is 5.78.